The molecule has 0 aliphatic carbocycles. The molecule has 1 aromatic carbocycles. The van der Waals surface area contributed by atoms with Gasteiger partial charge >= 0.3 is 0 Å². The molecule has 0 saturated heterocycles. The predicted molar refractivity (Wildman–Crippen MR) is 56.0 cm³/mol. The molecule has 0 radical (unpaired) electrons. The van der Waals surface area contributed by atoms with Crippen LogP contribution in [0.1, 0.15) is 10.4 Å². The van der Waals surface area contributed by atoms with Gasteiger partial charge in [0.05, 0.1) is 0 Å². The molecule has 12 heavy (non-hydrogen) atoms. The van der Waals surface area contributed by atoms with Crippen LogP contribution >= 0.6 is 11.6 Å². The summed E-state index contributed by atoms with van der Waals surface area (Å²) in [5, 5.41) is 1.79. The van der Waals surface area contributed by atoms with Gasteiger partial charge in [0.15, 0.2) is 12.9 Å². The quantitative estimate of drug-likeness (QED) is 0.395. The zero-order valence-electron chi connectivity index (χ0n) is 6.86. The second-order valence-electron chi connectivity index (χ2n) is 2.27. The molecule has 3 heteroatoms. The van der Waals surface area contributed by atoms with Gasteiger partial charge in [0, 0.05) is 5.56 Å². The third-order valence-electron chi connectivity index (χ3n) is 1.41. The maximum absolute atomic E-state index is 11.3. The molecule has 0 aromatic heterocycles. The molecule has 0 N–H and O–H groups in total. The molecule has 0 atom stereocenters. The van der Waals surface area contributed by atoms with Crippen LogP contribution in [0.25, 0.3) is 0 Å². The Morgan fingerprint density at radius 2 is 2.00 bits per heavy atom. The number of ketones is 1. The molecular formula is C9H9BOS. The standard InChI is InChI=1S/C9H9BOS/c10-12-7-6-9(11)8-4-2-1-3-5-8/h1-7H,10H2/b7-6+. The highest BCUT2D eigenvalue weighted by Gasteiger charge is 1.97. The van der Waals surface area contributed by atoms with Crippen molar-refractivity contribution >= 4 is 24.5 Å². The van der Waals surface area contributed by atoms with Gasteiger partial charge in [0.25, 0.3) is 0 Å². The molecule has 0 heterocycles. The van der Waals surface area contributed by atoms with Crippen molar-refractivity contribution in [2.45, 2.75) is 0 Å². The number of hydrogen-bond acceptors (Lipinski definition) is 2. The Balaban J connectivity index is 2.72. The number of rotatable bonds is 3. The Bertz CT molecular complexity index is 282. The van der Waals surface area contributed by atoms with Gasteiger partial charge in [0.2, 0.25) is 0 Å². The largest absolute Gasteiger partial charge is 0.289 e. The fourth-order valence-corrected chi connectivity index (χ4v) is 1.09. The van der Waals surface area contributed by atoms with E-state index in [0.717, 1.165) is 5.56 Å². The summed E-state index contributed by atoms with van der Waals surface area (Å²) in [4.78, 5) is 11.3. The molecule has 1 nitrogen and oxygen atoms in total. The van der Waals surface area contributed by atoms with Gasteiger partial charge in [-0.25, -0.2) is 0 Å². The van der Waals surface area contributed by atoms with Crippen molar-refractivity contribution in [1.82, 2.24) is 0 Å². The van der Waals surface area contributed by atoms with Gasteiger partial charge in [-0.2, -0.15) is 11.6 Å². The lowest BCUT2D eigenvalue weighted by Gasteiger charge is -1.92. The topological polar surface area (TPSA) is 17.1 Å². The van der Waals surface area contributed by atoms with Crippen molar-refractivity contribution in [2.24, 2.45) is 0 Å². The molecule has 0 aliphatic rings. The lowest BCUT2D eigenvalue weighted by atomic mass is 10.1. The summed E-state index contributed by atoms with van der Waals surface area (Å²) in [6.07, 6.45) is 1.58. The van der Waals surface area contributed by atoms with Crippen molar-refractivity contribution in [3.8, 4) is 0 Å². The molecular weight excluding hydrogens is 167 g/mol. The molecule has 0 amide bonds. The molecule has 1 rings (SSSR count). The van der Waals surface area contributed by atoms with E-state index in [2.05, 4.69) is 0 Å². The second-order valence-corrected chi connectivity index (χ2v) is 3.01. The van der Waals surface area contributed by atoms with Gasteiger partial charge in [-0.3, -0.25) is 4.79 Å². The average Bonchev–Trinajstić information content (AvgIpc) is 2.15. The molecule has 1 aromatic rings. The van der Waals surface area contributed by atoms with Crippen LogP contribution in [0.4, 0.5) is 0 Å². The third kappa shape index (κ3) is 2.59. The Hall–Kier alpha value is -0.955. The SMILES string of the molecule is BS/C=C/C(=O)c1ccccc1. The Labute approximate surface area is 77.2 Å². The van der Waals surface area contributed by atoms with E-state index in [1.165, 1.54) is 11.6 Å². The molecule has 0 saturated carbocycles. The monoisotopic (exact) mass is 176 g/mol. The van der Waals surface area contributed by atoms with E-state index in [-0.39, 0.29) is 5.78 Å². The highest BCUT2D eigenvalue weighted by Crippen LogP contribution is 2.02. The van der Waals surface area contributed by atoms with Crippen LogP contribution in [0.15, 0.2) is 41.8 Å². The summed E-state index contributed by atoms with van der Waals surface area (Å²) in [7, 11) is 1.93. The molecule has 0 fully saturated rings. The zero-order chi connectivity index (χ0) is 8.81. The Kier molecular flexibility index (Phi) is 3.68. The van der Waals surface area contributed by atoms with Gasteiger partial charge < -0.3 is 0 Å². The predicted octanol–water partition coefficient (Wildman–Crippen LogP) is 1.66. The number of hydrogen-bond donors (Lipinski definition) is 0. The van der Waals surface area contributed by atoms with E-state index in [0.29, 0.717) is 0 Å². The number of allylic oxidation sites excluding steroid dienone is 1. The van der Waals surface area contributed by atoms with Crippen LogP contribution < -0.4 is 0 Å². The summed E-state index contributed by atoms with van der Waals surface area (Å²) in [6.45, 7) is 0. The van der Waals surface area contributed by atoms with Crippen LogP contribution in [0, 0.1) is 0 Å². The fraction of sp³-hybridized carbons (Fsp3) is 0. The summed E-state index contributed by atoms with van der Waals surface area (Å²) in [5.74, 6) is 0.0601. The first-order chi connectivity index (χ1) is 5.84. The maximum Gasteiger partial charge on any atom is 0.186 e. The summed E-state index contributed by atoms with van der Waals surface area (Å²) < 4.78 is 0. The van der Waals surface area contributed by atoms with E-state index in [4.69, 9.17) is 0 Å². The minimum absolute atomic E-state index is 0.0601. The van der Waals surface area contributed by atoms with E-state index >= 15 is 0 Å². The highest BCUT2D eigenvalue weighted by molar-refractivity contribution is 8.22. The van der Waals surface area contributed by atoms with Gasteiger partial charge in [-0.1, -0.05) is 30.3 Å². The first kappa shape index (κ1) is 9.14. The molecule has 0 unspecified atom stereocenters. The lowest BCUT2D eigenvalue weighted by Crippen LogP contribution is -1.91. The van der Waals surface area contributed by atoms with Crippen molar-refractivity contribution in [1.29, 1.82) is 0 Å². The van der Waals surface area contributed by atoms with Crippen LogP contribution in [-0.2, 0) is 0 Å². The molecule has 0 bridgehead atoms. The third-order valence-corrected chi connectivity index (χ3v) is 1.82. The minimum atomic E-state index is 0.0601. The van der Waals surface area contributed by atoms with Crippen molar-refractivity contribution in [3.05, 3.63) is 47.4 Å². The second kappa shape index (κ2) is 4.83. The van der Waals surface area contributed by atoms with E-state index in [9.17, 15) is 4.79 Å². The summed E-state index contributed by atoms with van der Waals surface area (Å²) >= 11 is 1.52. The van der Waals surface area contributed by atoms with E-state index in [1.807, 2.05) is 37.5 Å². The molecule has 0 spiro atoms. The van der Waals surface area contributed by atoms with Crippen LogP contribution in [-0.4, -0.2) is 12.9 Å². The molecule has 60 valence electrons. The van der Waals surface area contributed by atoms with Crippen LogP contribution in [0.2, 0.25) is 0 Å². The van der Waals surface area contributed by atoms with E-state index < -0.39 is 0 Å². The van der Waals surface area contributed by atoms with Crippen molar-refractivity contribution in [3.63, 3.8) is 0 Å². The van der Waals surface area contributed by atoms with Crippen molar-refractivity contribution in [2.75, 3.05) is 0 Å². The minimum Gasteiger partial charge on any atom is -0.289 e. The lowest BCUT2D eigenvalue weighted by molar-refractivity contribution is 0.104. The van der Waals surface area contributed by atoms with Gasteiger partial charge in [0.1, 0.15) is 0 Å². The fourth-order valence-electron chi connectivity index (χ4n) is 0.828. The average molecular weight is 176 g/mol. The van der Waals surface area contributed by atoms with Crippen LogP contribution in [0.5, 0.6) is 0 Å². The Morgan fingerprint density at radius 1 is 1.33 bits per heavy atom. The first-order valence-corrected chi connectivity index (χ1v) is 4.92. The smallest absolute Gasteiger partial charge is 0.186 e. The number of carbonyl (C=O) groups is 1. The van der Waals surface area contributed by atoms with Gasteiger partial charge in [-0.15, -0.1) is 0 Å². The number of carbonyl (C=O) groups excluding carboxylic acids is 1. The summed E-state index contributed by atoms with van der Waals surface area (Å²) in [5.41, 5.74) is 0.739. The van der Waals surface area contributed by atoms with Crippen LogP contribution in [0.3, 0.4) is 0 Å². The molecule has 0 aliphatic heterocycles. The maximum atomic E-state index is 11.3. The Morgan fingerprint density at radius 3 is 2.58 bits per heavy atom. The van der Waals surface area contributed by atoms with Gasteiger partial charge in [-0.05, 0) is 11.5 Å². The normalized spacial score (nSPS) is 10.3. The number of benzene rings is 1. The van der Waals surface area contributed by atoms with E-state index in [1.54, 1.807) is 11.5 Å². The zero-order valence-corrected chi connectivity index (χ0v) is 7.67. The highest BCUT2D eigenvalue weighted by atomic mass is 32.2. The van der Waals surface area contributed by atoms with Crippen molar-refractivity contribution < 1.29 is 4.79 Å². The summed E-state index contributed by atoms with van der Waals surface area (Å²) in [6, 6.07) is 9.25. The first-order valence-electron chi connectivity index (χ1n) is 3.63.